The average molecular weight is 894 g/mol. The Labute approximate surface area is 377 Å². The van der Waals surface area contributed by atoms with Crippen LogP contribution in [0, 0.1) is 5.92 Å². The van der Waals surface area contributed by atoms with Crippen LogP contribution in [0.3, 0.4) is 0 Å². The molecule has 7 amide bonds. The molecule has 0 fully saturated rings. The summed E-state index contributed by atoms with van der Waals surface area (Å²) in [4.78, 5) is 100. The molecule has 64 heavy (non-hydrogen) atoms. The molecule has 7 atom stereocenters. The molecule has 0 bridgehead atoms. The van der Waals surface area contributed by atoms with Gasteiger partial charge < -0.3 is 48.3 Å². The van der Waals surface area contributed by atoms with Crippen molar-refractivity contribution in [3.63, 3.8) is 0 Å². The van der Waals surface area contributed by atoms with Crippen LogP contribution in [0.1, 0.15) is 141 Å². The van der Waals surface area contributed by atoms with Gasteiger partial charge in [-0.1, -0.05) is 145 Å². The fourth-order valence-electron chi connectivity index (χ4n) is 7.11. The standard InChI is InChI=1S/C47H71N7O10/c1-4-31(2)40(45(61)54-42(44(49)60)34-25-19-16-20-26-34)53-46(62)41(32(3)55)52-38(57)28-22-14-12-10-8-6-5-7-9-11-13-21-27-37(56)50-35(43(48)59)30-39(58)51-36(47(63)64)29-33-23-17-15-18-24-33/h15-20,23-26,31-32,35-36,40-42,55H,4-14,21-22,27-30H2,1-3H3,(H2,48,59)(H2,49,60)(H,50,56)(H,51,58)(H,52,57)(H,53,62)(H,54,61)(H,63,64)/t31?,32?,35-,36+,40-,41+,42?/m1/s1. The van der Waals surface area contributed by atoms with E-state index in [2.05, 4.69) is 26.6 Å². The second-order valence-corrected chi connectivity index (χ2v) is 16.5. The molecular weight excluding hydrogens is 823 g/mol. The summed E-state index contributed by atoms with van der Waals surface area (Å²) in [5.74, 6) is -6.02. The van der Waals surface area contributed by atoms with Gasteiger partial charge >= 0.3 is 5.97 Å². The Kier molecular flexibility index (Phi) is 25.7. The highest BCUT2D eigenvalue weighted by Gasteiger charge is 2.34. The summed E-state index contributed by atoms with van der Waals surface area (Å²) < 4.78 is 0. The summed E-state index contributed by atoms with van der Waals surface area (Å²) in [5, 5.41) is 32.7. The molecule has 0 aliphatic rings. The summed E-state index contributed by atoms with van der Waals surface area (Å²) in [6.07, 6.45) is 10.4. The second-order valence-electron chi connectivity index (χ2n) is 16.5. The Morgan fingerprint density at radius 1 is 0.547 bits per heavy atom. The van der Waals surface area contributed by atoms with Gasteiger partial charge in [0.1, 0.15) is 30.2 Å². The van der Waals surface area contributed by atoms with Crippen molar-refractivity contribution in [1.82, 2.24) is 26.6 Å². The Bertz CT molecular complexity index is 1780. The molecule has 17 heteroatoms. The predicted octanol–water partition coefficient (Wildman–Crippen LogP) is 3.36. The Morgan fingerprint density at radius 2 is 1.00 bits per heavy atom. The van der Waals surface area contributed by atoms with Crippen LogP contribution in [0.5, 0.6) is 0 Å². The minimum absolute atomic E-state index is 0.0618. The summed E-state index contributed by atoms with van der Waals surface area (Å²) in [6, 6.07) is 11.4. The van der Waals surface area contributed by atoms with Gasteiger partial charge in [-0.3, -0.25) is 33.6 Å². The smallest absolute Gasteiger partial charge is 0.326 e. The number of carbonyl (C=O) groups is 8. The molecule has 0 saturated heterocycles. The molecule has 0 aromatic heterocycles. The number of hydrogen-bond donors (Lipinski definition) is 9. The highest BCUT2D eigenvalue weighted by Crippen LogP contribution is 2.16. The van der Waals surface area contributed by atoms with Gasteiger partial charge in [-0.2, -0.15) is 0 Å². The summed E-state index contributed by atoms with van der Waals surface area (Å²) in [7, 11) is 0. The zero-order chi connectivity index (χ0) is 47.4. The SMILES string of the molecule is CCC(C)[C@@H](NC(=O)[C@@H](NC(=O)CCCCCCCCCCCCCCC(=O)N[C@H](CC(=O)N[C@@H](Cc1ccccc1)C(=O)O)C(N)=O)C(C)O)C(=O)NC(C(N)=O)c1ccccc1. The average Bonchev–Trinajstić information content (AvgIpc) is 3.26. The molecule has 2 aromatic carbocycles. The number of carboxylic acid groups (broad SMARTS) is 1. The number of hydrogen-bond acceptors (Lipinski definition) is 9. The number of aliphatic hydroxyl groups excluding tert-OH is 1. The molecule has 0 radical (unpaired) electrons. The minimum Gasteiger partial charge on any atom is -0.480 e. The minimum atomic E-state index is -1.28. The number of rotatable bonds is 33. The molecule has 0 saturated carbocycles. The van der Waals surface area contributed by atoms with Crippen LogP contribution in [0.4, 0.5) is 0 Å². The number of amides is 7. The molecule has 3 unspecified atom stereocenters. The first-order chi connectivity index (χ1) is 30.5. The quantitative estimate of drug-likeness (QED) is 0.0471. The lowest BCUT2D eigenvalue weighted by Gasteiger charge is -2.28. The zero-order valence-corrected chi connectivity index (χ0v) is 37.7. The number of primary amides is 2. The molecule has 17 nitrogen and oxygen atoms in total. The highest BCUT2D eigenvalue weighted by molar-refractivity contribution is 5.95. The summed E-state index contributed by atoms with van der Waals surface area (Å²) in [6.45, 7) is 5.01. The normalized spacial score (nSPS) is 14.3. The van der Waals surface area contributed by atoms with Crippen LogP contribution >= 0.6 is 0 Å². The molecule has 0 aliphatic heterocycles. The van der Waals surface area contributed by atoms with Crippen LogP contribution in [-0.2, 0) is 44.8 Å². The van der Waals surface area contributed by atoms with E-state index in [1.807, 2.05) is 6.92 Å². The van der Waals surface area contributed by atoms with E-state index in [1.54, 1.807) is 67.6 Å². The van der Waals surface area contributed by atoms with E-state index in [4.69, 9.17) is 11.5 Å². The van der Waals surface area contributed by atoms with Gasteiger partial charge in [0.25, 0.3) is 0 Å². The third-order valence-corrected chi connectivity index (χ3v) is 11.1. The predicted molar refractivity (Wildman–Crippen MR) is 242 cm³/mol. The van der Waals surface area contributed by atoms with E-state index >= 15 is 0 Å². The van der Waals surface area contributed by atoms with E-state index in [1.165, 1.54) is 6.92 Å². The largest absolute Gasteiger partial charge is 0.480 e. The van der Waals surface area contributed by atoms with Crippen molar-refractivity contribution in [2.75, 3.05) is 0 Å². The molecule has 0 heterocycles. The first-order valence-corrected chi connectivity index (χ1v) is 22.6. The third-order valence-electron chi connectivity index (χ3n) is 11.1. The van der Waals surface area contributed by atoms with Crippen LogP contribution < -0.4 is 38.1 Å². The van der Waals surface area contributed by atoms with Gasteiger partial charge in [0, 0.05) is 19.3 Å². The lowest BCUT2D eigenvalue weighted by Crippen LogP contribution is -2.59. The third kappa shape index (κ3) is 21.5. The van der Waals surface area contributed by atoms with Gasteiger partial charge in [-0.25, -0.2) is 4.79 Å². The maximum absolute atomic E-state index is 13.3. The van der Waals surface area contributed by atoms with Crippen molar-refractivity contribution in [3.8, 4) is 0 Å². The van der Waals surface area contributed by atoms with E-state index < -0.39 is 84.1 Å². The number of aliphatic carboxylic acids is 1. The van der Waals surface area contributed by atoms with Crippen LogP contribution in [0.15, 0.2) is 60.7 Å². The fraction of sp³-hybridized carbons (Fsp3) is 0.574. The van der Waals surface area contributed by atoms with Crippen LogP contribution in [0.2, 0.25) is 0 Å². The monoisotopic (exact) mass is 894 g/mol. The van der Waals surface area contributed by atoms with Gasteiger partial charge in [-0.15, -0.1) is 0 Å². The number of aliphatic hydroxyl groups is 1. The van der Waals surface area contributed by atoms with Gasteiger partial charge in [0.2, 0.25) is 41.4 Å². The van der Waals surface area contributed by atoms with Crippen molar-refractivity contribution >= 4 is 47.3 Å². The lowest BCUT2D eigenvalue weighted by molar-refractivity contribution is -0.142. The first kappa shape index (κ1) is 54.3. The molecule has 2 aromatic rings. The van der Waals surface area contributed by atoms with Crippen molar-refractivity contribution < 1.29 is 48.6 Å². The van der Waals surface area contributed by atoms with Crippen molar-refractivity contribution in [2.24, 2.45) is 17.4 Å². The number of unbranched alkanes of at least 4 members (excludes halogenated alkanes) is 11. The molecule has 2 rings (SSSR count). The molecule has 354 valence electrons. The van der Waals surface area contributed by atoms with Crippen molar-refractivity contribution in [3.05, 3.63) is 71.8 Å². The van der Waals surface area contributed by atoms with Crippen LogP contribution in [-0.4, -0.2) is 87.8 Å². The van der Waals surface area contributed by atoms with E-state index in [-0.39, 0.29) is 31.1 Å². The van der Waals surface area contributed by atoms with E-state index in [0.717, 1.165) is 69.8 Å². The summed E-state index contributed by atoms with van der Waals surface area (Å²) in [5.41, 5.74) is 12.2. The van der Waals surface area contributed by atoms with E-state index in [0.29, 0.717) is 24.8 Å². The van der Waals surface area contributed by atoms with Crippen LogP contribution in [0.25, 0.3) is 0 Å². The number of nitrogens with one attached hydrogen (secondary N) is 5. The molecule has 0 spiro atoms. The number of benzene rings is 2. The summed E-state index contributed by atoms with van der Waals surface area (Å²) >= 11 is 0. The topological polar surface area (TPSA) is 289 Å². The number of nitrogens with two attached hydrogens (primary N) is 2. The number of carboxylic acids is 1. The lowest BCUT2D eigenvalue weighted by atomic mass is 9.96. The Hall–Kier alpha value is -5.84. The fourth-order valence-corrected chi connectivity index (χ4v) is 7.11. The maximum atomic E-state index is 13.3. The second kappa shape index (κ2) is 30.3. The van der Waals surface area contributed by atoms with Gasteiger partial charge in [0.05, 0.1) is 12.5 Å². The van der Waals surface area contributed by atoms with Crippen molar-refractivity contribution in [1.29, 1.82) is 0 Å². The highest BCUT2D eigenvalue weighted by atomic mass is 16.4. The molecular formula is C47H71N7O10. The van der Waals surface area contributed by atoms with Gasteiger partial charge in [0.15, 0.2) is 0 Å². The molecule has 0 aliphatic carbocycles. The Balaban J connectivity index is 1.59. The first-order valence-electron chi connectivity index (χ1n) is 22.6. The maximum Gasteiger partial charge on any atom is 0.326 e. The Morgan fingerprint density at radius 3 is 1.45 bits per heavy atom. The molecule has 11 N–H and O–H groups in total. The van der Waals surface area contributed by atoms with Crippen molar-refractivity contribution in [2.45, 2.75) is 166 Å². The number of carbonyl (C=O) groups excluding carboxylic acids is 7. The zero-order valence-electron chi connectivity index (χ0n) is 37.7. The van der Waals surface area contributed by atoms with Gasteiger partial charge in [-0.05, 0) is 36.8 Å². The van der Waals surface area contributed by atoms with E-state index in [9.17, 15) is 48.6 Å².